The summed E-state index contributed by atoms with van der Waals surface area (Å²) in [6.07, 6.45) is 5.45. The van der Waals surface area contributed by atoms with Crippen molar-refractivity contribution in [3.63, 3.8) is 0 Å². The summed E-state index contributed by atoms with van der Waals surface area (Å²) in [7, 11) is 0. The monoisotopic (exact) mass is 282 g/mol. The molecule has 0 aromatic heterocycles. The van der Waals surface area contributed by atoms with E-state index in [-0.39, 0.29) is 5.41 Å². The van der Waals surface area contributed by atoms with Crippen LogP contribution in [0.5, 0.6) is 0 Å². The van der Waals surface area contributed by atoms with E-state index in [4.69, 9.17) is 5.73 Å². The number of rotatable bonds is 7. The van der Waals surface area contributed by atoms with Crippen molar-refractivity contribution in [3.05, 3.63) is 0 Å². The van der Waals surface area contributed by atoms with Gasteiger partial charge in [0.15, 0.2) is 0 Å². The van der Waals surface area contributed by atoms with E-state index in [9.17, 15) is 0 Å². The molecule has 0 aromatic carbocycles. The van der Waals surface area contributed by atoms with E-state index in [2.05, 4.69) is 46.4 Å². The quantitative estimate of drug-likeness (QED) is 0.760. The summed E-state index contributed by atoms with van der Waals surface area (Å²) in [6, 6.07) is 0.768. The van der Waals surface area contributed by atoms with Crippen molar-refractivity contribution >= 4 is 0 Å². The molecule has 0 heterocycles. The molecule has 2 N–H and O–H groups in total. The molecule has 3 unspecified atom stereocenters. The molecule has 0 saturated heterocycles. The van der Waals surface area contributed by atoms with E-state index in [1.54, 1.807) is 0 Å². The SMILES string of the molecule is CCCN(CC(C)(C)CN)C1CC(C)CCC1C(C)C. The Kier molecular flexibility index (Phi) is 7.00. The summed E-state index contributed by atoms with van der Waals surface area (Å²) in [4.78, 5) is 2.77. The van der Waals surface area contributed by atoms with Crippen molar-refractivity contribution in [1.29, 1.82) is 0 Å². The van der Waals surface area contributed by atoms with Crippen molar-refractivity contribution in [2.75, 3.05) is 19.6 Å². The van der Waals surface area contributed by atoms with Gasteiger partial charge in [-0.05, 0) is 55.5 Å². The lowest BCUT2D eigenvalue weighted by Gasteiger charge is -2.46. The Labute approximate surface area is 127 Å². The van der Waals surface area contributed by atoms with E-state index in [0.29, 0.717) is 0 Å². The first-order chi connectivity index (χ1) is 9.30. The zero-order valence-corrected chi connectivity index (χ0v) is 14.8. The molecule has 1 aliphatic carbocycles. The van der Waals surface area contributed by atoms with Gasteiger partial charge in [0.1, 0.15) is 0 Å². The van der Waals surface area contributed by atoms with Gasteiger partial charge in [-0.2, -0.15) is 0 Å². The average molecular weight is 283 g/mol. The average Bonchev–Trinajstić information content (AvgIpc) is 2.37. The predicted molar refractivity (Wildman–Crippen MR) is 89.8 cm³/mol. The molecule has 0 bridgehead atoms. The molecule has 1 rings (SSSR count). The third-order valence-electron chi connectivity index (χ3n) is 5.15. The van der Waals surface area contributed by atoms with Crippen LogP contribution in [0, 0.1) is 23.2 Å². The molecular weight excluding hydrogens is 244 g/mol. The first-order valence-corrected chi connectivity index (χ1v) is 8.74. The first-order valence-electron chi connectivity index (χ1n) is 8.74. The highest BCUT2D eigenvalue weighted by atomic mass is 15.2. The number of hydrogen-bond donors (Lipinski definition) is 1. The molecule has 0 spiro atoms. The van der Waals surface area contributed by atoms with Gasteiger partial charge in [0.2, 0.25) is 0 Å². The van der Waals surface area contributed by atoms with E-state index in [1.807, 2.05) is 0 Å². The van der Waals surface area contributed by atoms with Gasteiger partial charge in [-0.25, -0.2) is 0 Å². The molecule has 2 nitrogen and oxygen atoms in total. The van der Waals surface area contributed by atoms with Gasteiger partial charge in [-0.15, -0.1) is 0 Å². The molecule has 120 valence electrons. The molecule has 1 aliphatic rings. The molecule has 2 heteroatoms. The highest BCUT2D eigenvalue weighted by Gasteiger charge is 2.35. The van der Waals surface area contributed by atoms with Crippen LogP contribution in [0.3, 0.4) is 0 Å². The van der Waals surface area contributed by atoms with E-state index >= 15 is 0 Å². The van der Waals surface area contributed by atoms with Crippen LogP contribution in [0.1, 0.15) is 67.2 Å². The van der Waals surface area contributed by atoms with Crippen LogP contribution in [-0.2, 0) is 0 Å². The maximum absolute atomic E-state index is 5.98. The normalized spacial score (nSPS) is 28.4. The highest BCUT2D eigenvalue weighted by Crippen LogP contribution is 2.37. The number of nitrogens with zero attached hydrogens (tertiary/aromatic N) is 1. The fourth-order valence-electron chi connectivity index (χ4n) is 3.84. The van der Waals surface area contributed by atoms with Gasteiger partial charge in [-0.1, -0.05) is 48.0 Å². The maximum Gasteiger partial charge on any atom is 0.0129 e. The Hall–Kier alpha value is -0.0800. The third-order valence-corrected chi connectivity index (χ3v) is 5.15. The Morgan fingerprint density at radius 2 is 1.90 bits per heavy atom. The summed E-state index contributed by atoms with van der Waals surface area (Å²) in [5, 5.41) is 0. The lowest BCUT2D eigenvalue weighted by atomic mass is 9.73. The van der Waals surface area contributed by atoms with Crippen LogP contribution in [0.25, 0.3) is 0 Å². The van der Waals surface area contributed by atoms with Crippen molar-refractivity contribution in [3.8, 4) is 0 Å². The molecule has 0 radical (unpaired) electrons. The highest BCUT2D eigenvalue weighted by molar-refractivity contribution is 4.89. The third kappa shape index (κ3) is 5.04. The fourth-order valence-corrected chi connectivity index (χ4v) is 3.84. The van der Waals surface area contributed by atoms with Crippen molar-refractivity contribution in [2.24, 2.45) is 28.9 Å². The molecular formula is C18H38N2. The van der Waals surface area contributed by atoms with Crippen molar-refractivity contribution < 1.29 is 0 Å². The van der Waals surface area contributed by atoms with Crippen LogP contribution < -0.4 is 5.73 Å². The smallest absolute Gasteiger partial charge is 0.0129 e. The first kappa shape index (κ1) is 18.0. The van der Waals surface area contributed by atoms with E-state index in [0.717, 1.165) is 36.9 Å². The van der Waals surface area contributed by atoms with Gasteiger partial charge in [0.05, 0.1) is 0 Å². The Morgan fingerprint density at radius 1 is 1.25 bits per heavy atom. The lowest BCUT2D eigenvalue weighted by Crippen LogP contribution is -2.50. The fraction of sp³-hybridized carbons (Fsp3) is 1.00. The van der Waals surface area contributed by atoms with Crippen LogP contribution in [-0.4, -0.2) is 30.6 Å². The Bertz CT molecular complexity index is 273. The second kappa shape index (κ2) is 7.79. The van der Waals surface area contributed by atoms with Gasteiger partial charge in [0, 0.05) is 12.6 Å². The molecule has 1 saturated carbocycles. The van der Waals surface area contributed by atoms with Gasteiger partial charge in [0.25, 0.3) is 0 Å². The van der Waals surface area contributed by atoms with Gasteiger partial charge < -0.3 is 5.73 Å². The van der Waals surface area contributed by atoms with Crippen molar-refractivity contribution in [1.82, 2.24) is 4.90 Å². The molecule has 0 aliphatic heterocycles. The van der Waals surface area contributed by atoms with E-state index in [1.165, 1.54) is 32.2 Å². The van der Waals surface area contributed by atoms with Gasteiger partial charge in [-0.3, -0.25) is 4.90 Å². The summed E-state index contributed by atoms with van der Waals surface area (Å²) in [5.41, 5.74) is 6.21. The second-order valence-electron chi connectivity index (χ2n) is 8.23. The maximum atomic E-state index is 5.98. The number of nitrogens with two attached hydrogens (primary N) is 1. The Morgan fingerprint density at radius 3 is 2.40 bits per heavy atom. The summed E-state index contributed by atoms with van der Waals surface area (Å²) < 4.78 is 0. The van der Waals surface area contributed by atoms with Crippen LogP contribution in [0.2, 0.25) is 0 Å². The van der Waals surface area contributed by atoms with Gasteiger partial charge >= 0.3 is 0 Å². The molecule has 1 fully saturated rings. The zero-order valence-electron chi connectivity index (χ0n) is 14.8. The van der Waals surface area contributed by atoms with Crippen LogP contribution in [0.15, 0.2) is 0 Å². The molecule has 3 atom stereocenters. The molecule has 0 aromatic rings. The van der Waals surface area contributed by atoms with E-state index < -0.39 is 0 Å². The number of hydrogen-bond acceptors (Lipinski definition) is 2. The molecule has 20 heavy (non-hydrogen) atoms. The lowest BCUT2D eigenvalue weighted by molar-refractivity contribution is 0.0353. The predicted octanol–water partition coefficient (Wildman–Crippen LogP) is 4.14. The summed E-state index contributed by atoms with van der Waals surface area (Å²) in [6.45, 7) is 17.3. The minimum atomic E-state index is 0.234. The van der Waals surface area contributed by atoms with Crippen LogP contribution >= 0.6 is 0 Å². The second-order valence-corrected chi connectivity index (χ2v) is 8.23. The van der Waals surface area contributed by atoms with Crippen LogP contribution in [0.4, 0.5) is 0 Å². The molecule has 0 amide bonds. The van der Waals surface area contributed by atoms with Crippen molar-refractivity contribution in [2.45, 2.75) is 73.3 Å². The zero-order chi connectivity index (χ0) is 15.3. The summed E-state index contributed by atoms with van der Waals surface area (Å²) >= 11 is 0. The Balaban J connectivity index is 2.84. The minimum absolute atomic E-state index is 0.234. The topological polar surface area (TPSA) is 29.3 Å². The largest absolute Gasteiger partial charge is 0.330 e. The summed E-state index contributed by atoms with van der Waals surface area (Å²) in [5.74, 6) is 2.55. The minimum Gasteiger partial charge on any atom is -0.330 e. The standard InChI is InChI=1S/C18H38N2/c1-7-10-20(13-18(5,6)12-19)17-11-15(4)8-9-16(17)14(2)3/h14-17H,7-13,19H2,1-6H3.